The van der Waals surface area contributed by atoms with Crippen LogP contribution < -0.4 is 5.32 Å². The second-order valence-electron chi connectivity index (χ2n) is 5.60. The van der Waals surface area contributed by atoms with E-state index in [2.05, 4.69) is 24.2 Å². The summed E-state index contributed by atoms with van der Waals surface area (Å²) in [5.41, 5.74) is 0. The molecule has 15 heavy (non-hydrogen) atoms. The molecular formula is C13H26N2. The molecule has 88 valence electrons. The summed E-state index contributed by atoms with van der Waals surface area (Å²) >= 11 is 0. The lowest BCUT2D eigenvalue weighted by Crippen LogP contribution is -2.42. The first-order valence-electron chi connectivity index (χ1n) is 6.70. The molecule has 1 aliphatic carbocycles. The third-order valence-electron chi connectivity index (χ3n) is 4.25. The fourth-order valence-corrected chi connectivity index (χ4v) is 3.21. The first-order valence-corrected chi connectivity index (χ1v) is 6.70. The van der Waals surface area contributed by atoms with Gasteiger partial charge in [-0.25, -0.2) is 0 Å². The van der Waals surface area contributed by atoms with Crippen molar-refractivity contribution in [2.24, 2.45) is 5.92 Å². The van der Waals surface area contributed by atoms with Crippen LogP contribution in [0, 0.1) is 5.92 Å². The van der Waals surface area contributed by atoms with Crippen molar-refractivity contribution in [1.82, 2.24) is 10.2 Å². The predicted molar refractivity (Wildman–Crippen MR) is 65.1 cm³/mol. The van der Waals surface area contributed by atoms with E-state index < -0.39 is 0 Å². The molecule has 1 saturated heterocycles. The second-order valence-corrected chi connectivity index (χ2v) is 5.60. The Kier molecular flexibility index (Phi) is 4.04. The van der Waals surface area contributed by atoms with Gasteiger partial charge in [0, 0.05) is 18.6 Å². The first kappa shape index (κ1) is 11.4. The quantitative estimate of drug-likeness (QED) is 0.768. The molecule has 0 amide bonds. The van der Waals surface area contributed by atoms with Crippen LogP contribution >= 0.6 is 0 Å². The van der Waals surface area contributed by atoms with Crippen LogP contribution in [0.1, 0.15) is 45.4 Å². The van der Waals surface area contributed by atoms with Crippen molar-refractivity contribution < 1.29 is 0 Å². The normalized spacial score (nSPS) is 32.0. The second kappa shape index (κ2) is 5.31. The van der Waals surface area contributed by atoms with E-state index in [1.807, 2.05) is 0 Å². The van der Waals surface area contributed by atoms with Crippen LogP contribution in [0.5, 0.6) is 0 Å². The molecule has 0 aromatic rings. The van der Waals surface area contributed by atoms with E-state index >= 15 is 0 Å². The van der Waals surface area contributed by atoms with Crippen LogP contribution in [0.3, 0.4) is 0 Å². The molecule has 2 heteroatoms. The van der Waals surface area contributed by atoms with E-state index in [1.54, 1.807) is 0 Å². The minimum atomic E-state index is 0.738. The van der Waals surface area contributed by atoms with E-state index in [-0.39, 0.29) is 0 Å². The minimum Gasteiger partial charge on any atom is -0.310 e. The van der Waals surface area contributed by atoms with Crippen molar-refractivity contribution in [2.45, 2.75) is 57.5 Å². The van der Waals surface area contributed by atoms with Gasteiger partial charge in [0.1, 0.15) is 0 Å². The highest BCUT2D eigenvalue weighted by Gasteiger charge is 2.25. The van der Waals surface area contributed by atoms with Crippen molar-refractivity contribution in [1.29, 1.82) is 0 Å². The fraction of sp³-hybridized carbons (Fsp3) is 1.00. The van der Waals surface area contributed by atoms with E-state index in [4.69, 9.17) is 0 Å². The number of hydrogen-bond donors (Lipinski definition) is 1. The fourth-order valence-electron chi connectivity index (χ4n) is 3.21. The molecule has 2 atom stereocenters. The van der Waals surface area contributed by atoms with Crippen LogP contribution in [0.25, 0.3) is 0 Å². The summed E-state index contributed by atoms with van der Waals surface area (Å²) in [5, 5.41) is 3.84. The number of hydrogen-bond acceptors (Lipinski definition) is 2. The minimum absolute atomic E-state index is 0.738. The van der Waals surface area contributed by atoms with Gasteiger partial charge in [0.25, 0.3) is 0 Å². The van der Waals surface area contributed by atoms with Crippen LogP contribution in [0.15, 0.2) is 0 Å². The SMILES string of the molecule is C[C@H](N[C@H]1CCN(C)C1)C1CCCCC1. The number of nitrogens with one attached hydrogen (secondary N) is 1. The number of likely N-dealkylation sites (tertiary alicyclic amines) is 1. The summed E-state index contributed by atoms with van der Waals surface area (Å²) in [6.45, 7) is 4.92. The average Bonchev–Trinajstić information content (AvgIpc) is 2.65. The Morgan fingerprint density at radius 3 is 2.47 bits per heavy atom. The summed E-state index contributed by atoms with van der Waals surface area (Å²) in [6, 6.07) is 1.49. The molecule has 0 bridgehead atoms. The van der Waals surface area contributed by atoms with E-state index in [0.717, 1.165) is 18.0 Å². The number of likely N-dealkylation sites (N-methyl/N-ethyl adjacent to an activating group) is 1. The largest absolute Gasteiger partial charge is 0.310 e. The van der Waals surface area contributed by atoms with Gasteiger partial charge in [-0.1, -0.05) is 19.3 Å². The highest BCUT2D eigenvalue weighted by atomic mass is 15.2. The molecule has 0 aromatic carbocycles. The first-order chi connectivity index (χ1) is 7.25. The summed E-state index contributed by atoms with van der Waals surface area (Å²) in [4.78, 5) is 2.44. The van der Waals surface area contributed by atoms with Gasteiger partial charge in [0.05, 0.1) is 0 Å². The Morgan fingerprint density at radius 1 is 1.13 bits per heavy atom. The van der Waals surface area contributed by atoms with Crippen molar-refractivity contribution in [3.63, 3.8) is 0 Å². The molecule has 2 rings (SSSR count). The van der Waals surface area contributed by atoms with Crippen molar-refractivity contribution in [3.05, 3.63) is 0 Å². The van der Waals surface area contributed by atoms with Crippen LogP contribution in [-0.2, 0) is 0 Å². The van der Waals surface area contributed by atoms with Gasteiger partial charge in [-0.3, -0.25) is 0 Å². The molecule has 1 saturated carbocycles. The zero-order valence-corrected chi connectivity index (χ0v) is 10.3. The Bertz CT molecular complexity index is 187. The Balaban J connectivity index is 1.73. The number of nitrogens with zero attached hydrogens (tertiary/aromatic N) is 1. The number of rotatable bonds is 3. The summed E-state index contributed by atoms with van der Waals surface area (Å²) in [7, 11) is 2.23. The Morgan fingerprint density at radius 2 is 1.87 bits per heavy atom. The third-order valence-corrected chi connectivity index (χ3v) is 4.25. The van der Waals surface area contributed by atoms with Gasteiger partial charge in [-0.05, 0) is 45.7 Å². The zero-order valence-electron chi connectivity index (χ0n) is 10.3. The Hall–Kier alpha value is -0.0800. The monoisotopic (exact) mass is 210 g/mol. The average molecular weight is 210 g/mol. The van der Waals surface area contributed by atoms with Gasteiger partial charge in [0.2, 0.25) is 0 Å². The van der Waals surface area contributed by atoms with Crippen molar-refractivity contribution >= 4 is 0 Å². The molecule has 0 spiro atoms. The molecule has 0 unspecified atom stereocenters. The van der Waals surface area contributed by atoms with E-state index in [0.29, 0.717) is 0 Å². The maximum atomic E-state index is 3.84. The molecule has 1 N–H and O–H groups in total. The van der Waals surface area contributed by atoms with Gasteiger partial charge in [-0.15, -0.1) is 0 Å². The topological polar surface area (TPSA) is 15.3 Å². The van der Waals surface area contributed by atoms with Gasteiger partial charge in [-0.2, -0.15) is 0 Å². The lowest BCUT2D eigenvalue weighted by Gasteiger charge is -2.30. The van der Waals surface area contributed by atoms with Crippen LogP contribution in [0.2, 0.25) is 0 Å². The third kappa shape index (κ3) is 3.18. The standard InChI is InChI=1S/C13H26N2/c1-11(12-6-4-3-5-7-12)14-13-8-9-15(2)10-13/h11-14H,3-10H2,1-2H3/t11-,13-/m0/s1. The summed E-state index contributed by atoms with van der Waals surface area (Å²) in [6.07, 6.45) is 8.64. The lowest BCUT2D eigenvalue weighted by atomic mass is 9.84. The molecule has 1 aliphatic heterocycles. The van der Waals surface area contributed by atoms with E-state index in [9.17, 15) is 0 Å². The molecule has 2 fully saturated rings. The summed E-state index contributed by atoms with van der Waals surface area (Å²) < 4.78 is 0. The molecule has 1 heterocycles. The molecule has 2 aliphatic rings. The maximum absolute atomic E-state index is 3.84. The molecule has 0 radical (unpaired) electrons. The molecular weight excluding hydrogens is 184 g/mol. The van der Waals surface area contributed by atoms with Gasteiger partial charge < -0.3 is 10.2 Å². The van der Waals surface area contributed by atoms with Gasteiger partial charge >= 0.3 is 0 Å². The highest BCUT2D eigenvalue weighted by Crippen LogP contribution is 2.26. The predicted octanol–water partition coefficient (Wildman–Crippen LogP) is 2.25. The van der Waals surface area contributed by atoms with E-state index in [1.165, 1.54) is 51.6 Å². The van der Waals surface area contributed by atoms with Gasteiger partial charge in [0.15, 0.2) is 0 Å². The lowest BCUT2D eigenvalue weighted by molar-refractivity contribution is 0.262. The Labute approximate surface area is 94.4 Å². The van der Waals surface area contributed by atoms with Crippen molar-refractivity contribution in [2.75, 3.05) is 20.1 Å². The molecule has 0 aromatic heterocycles. The van der Waals surface area contributed by atoms with Crippen molar-refractivity contribution in [3.8, 4) is 0 Å². The smallest absolute Gasteiger partial charge is 0.0209 e. The maximum Gasteiger partial charge on any atom is 0.0209 e. The molecule has 2 nitrogen and oxygen atoms in total. The zero-order chi connectivity index (χ0) is 10.7. The van der Waals surface area contributed by atoms with Crippen LogP contribution in [-0.4, -0.2) is 37.1 Å². The highest BCUT2D eigenvalue weighted by molar-refractivity contribution is 4.84. The van der Waals surface area contributed by atoms with Crippen LogP contribution in [0.4, 0.5) is 0 Å². The summed E-state index contributed by atoms with van der Waals surface area (Å²) in [5.74, 6) is 0.949.